The number of fused-ring (bicyclic) bond motifs is 2. The fourth-order valence-corrected chi connectivity index (χ4v) is 8.41. The fraction of sp³-hybridized carbons (Fsp3) is 0.333. The van der Waals surface area contributed by atoms with Crippen LogP contribution in [-0.4, -0.2) is 67.9 Å². The summed E-state index contributed by atoms with van der Waals surface area (Å²) in [5.41, 5.74) is 9.76. The molecular weight excluding hydrogens is 859 g/mol. The highest BCUT2D eigenvalue weighted by atomic mass is 32.8. The molecule has 2 aromatic carbocycles. The molecule has 6 N–H and O–H groups in total. The minimum Gasteiger partial charge on any atom is -0.397 e. The van der Waals surface area contributed by atoms with Crippen LogP contribution in [0, 0.1) is 6.92 Å². The second kappa shape index (κ2) is 19.4. The first-order valence-corrected chi connectivity index (χ1v) is 24.9. The average molecular weight is 912 g/mol. The summed E-state index contributed by atoms with van der Waals surface area (Å²) < 4.78 is 5.23. The molecule has 17 heteroatoms. The first kappa shape index (κ1) is 47.4. The maximum atomic E-state index is 12.6. The number of aryl methyl sites for hydroxylation is 3. The van der Waals surface area contributed by atoms with E-state index in [0.29, 0.717) is 51.3 Å². The number of hydrogen-bond acceptors (Lipinski definition) is 9. The zero-order valence-corrected chi connectivity index (χ0v) is 38.8. The van der Waals surface area contributed by atoms with Gasteiger partial charge in [-0.3, -0.25) is 19.2 Å². The predicted molar refractivity (Wildman–Crippen MR) is 260 cm³/mol. The summed E-state index contributed by atoms with van der Waals surface area (Å²) in [5.74, 6) is -0.596. The monoisotopic (exact) mass is 911 g/mol. The summed E-state index contributed by atoms with van der Waals surface area (Å²) in [6, 6.07) is 18.5. The van der Waals surface area contributed by atoms with Crippen LogP contribution in [0.2, 0.25) is 0 Å². The second-order valence-electron chi connectivity index (χ2n) is 15.2. The van der Waals surface area contributed by atoms with Crippen LogP contribution in [0.1, 0.15) is 81.0 Å². The Kier molecular flexibility index (Phi) is 15.6. The molecule has 2 atom stereocenters. The van der Waals surface area contributed by atoms with Crippen LogP contribution in [0.25, 0.3) is 20.2 Å². The number of thiophene rings is 2. The summed E-state index contributed by atoms with van der Waals surface area (Å²) in [6.07, 6.45) is 7.61. The topological polar surface area (TPSA) is 152 Å². The van der Waals surface area contributed by atoms with Crippen molar-refractivity contribution < 1.29 is 19.2 Å². The van der Waals surface area contributed by atoms with Crippen molar-refractivity contribution in [1.29, 1.82) is 0 Å². The predicted octanol–water partition coefficient (Wildman–Crippen LogP) is 7.95. The van der Waals surface area contributed by atoms with Gasteiger partial charge in [-0.1, -0.05) is 29.8 Å². The highest BCUT2D eigenvalue weighted by molar-refractivity contribution is 8.29. The molecule has 0 saturated heterocycles. The number of rotatable bonds is 12. The van der Waals surface area contributed by atoms with Gasteiger partial charge in [-0.15, -0.1) is 41.6 Å². The maximum Gasteiger partial charge on any atom is 0.272 e. The van der Waals surface area contributed by atoms with Gasteiger partial charge in [0, 0.05) is 69.8 Å². The van der Waals surface area contributed by atoms with E-state index in [-0.39, 0.29) is 59.5 Å². The molecule has 316 valence electrons. The molecular formula is C42H53N7O4S6. The van der Waals surface area contributed by atoms with Gasteiger partial charge in [-0.2, -0.15) is 0 Å². The van der Waals surface area contributed by atoms with Crippen molar-refractivity contribution in [2.45, 2.75) is 51.5 Å². The molecule has 6 rings (SSSR count). The fourth-order valence-electron chi connectivity index (χ4n) is 5.59. The third kappa shape index (κ3) is 11.9. The van der Waals surface area contributed by atoms with E-state index in [9.17, 15) is 19.2 Å². The molecule has 0 bridgehead atoms. The van der Waals surface area contributed by atoms with Crippen molar-refractivity contribution in [2.75, 3.05) is 42.0 Å². The van der Waals surface area contributed by atoms with Gasteiger partial charge in [0.1, 0.15) is 11.4 Å². The van der Waals surface area contributed by atoms with Gasteiger partial charge in [0.25, 0.3) is 23.6 Å². The van der Waals surface area contributed by atoms with Crippen LogP contribution in [0.5, 0.6) is 0 Å². The van der Waals surface area contributed by atoms with E-state index in [0.717, 1.165) is 25.7 Å². The number of benzene rings is 2. The van der Waals surface area contributed by atoms with Crippen LogP contribution < -0.4 is 27.0 Å². The number of hydrogen-bond donors (Lipinski definition) is 5. The number of nitrogens with zero attached hydrogens (tertiary/aromatic N) is 2. The van der Waals surface area contributed by atoms with Crippen molar-refractivity contribution in [3.8, 4) is 0 Å². The van der Waals surface area contributed by atoms with Crippen molar-refractivity contribution in [1.82, 2.24) is 19.8 Å². The van der Waals surface area contributed by atoms with E-state index in [2.05, 4.69) is 49.0 Å². The Bertz CT molecular complexity index is 2400. The Morgan fingerprint density at radius 1 is 0.661 bits per heavy atom. The van der Waals surface area contributed by atoms with Crippen molar-refractivity contribution >= 4 is 125 Å². The Morgan fingerprint density at radius 2 is 1.07 bits per heavy atom. The largest absolute Gasteiger partial charge is 0.397 e. The minimum atomic E-state index is -0.238. The van der Waals surface area contributed by atoms with Crippen LogP contribution in [-0.2, 0) is 55.4 Å². The molecule has 2 unspecified atom stereocenters. The summed E-state index contributed by atoms with van der Waals surface area (Å²) in [5, 5.41) is 13.6. The number of carbonyl (C=O) groups excluding carboxylic acids is 4. The van der Waals surface area contributed by atoms with Crippen molar-refractivity contribution in [3.05, 3.63) is 99.8 Å². The van der Waals surface area contributed by atoms with Gasteiger partial charge in [-0.05, 0) is 124 Å². The normalized spacial score (nSPS) is 12.5. The second-order valence-corrected chi connectivity index (χ2v) is 24.4. The third-order valence-electron chi connectivity index (χ3n) is 9.53. The zero-order chi connectivity index (χ0) is 42.7. The molecule has 0 spiro atoms. The number of nitrogens with two attached hydrogens (primary N) is 1. The molecule has 0 radical (unpaired) electrons. The lowest BCUT2D eigenvalue weighted by Gasteiger charge is -2.24. The molecule has 0 aliphatic rings. The van der Waals surface area contributed by atoms with Gasteiger partial charge >= 0.3 is 0 Å². The van der Waals surface area contributed by atoms with Crippen molar-refractivity contribution in [2.24, 2.45) is 14.1 Å². The molecule has 0 aliphatic carbocycles. The van der Waals surface area contributed by atoms with E-state index < -0.39 is 0 Å². The maximum absolute atomic E-state index is 12.6. The summed E-state index contributed by atoms with van der Waals surface area (Å²) >= 11 is 13.6. The smallest absolute Gasteiger partial charge is 0.272 e. The number of amides is 4. The SMILES string of the molecule is C.Cc1cc(C(=O)Nc2ccc3sc(C(=O)NCC(C)(C)S(C)=S)cc3c2)n(C)c1.Cn1cc(N)cc1C(=O)Nc1ccc2sc(C(=O)NCC(C)(C)S(C)=S)cc2c1. The van der Waals surface area contributed by atoms with E-state index in [1.54, 1.807) is 23.9 Å². The number of nitrogen functional groups attached to an aromatic ring is 1. The van der Waals surface area contributed by atoms with Gasteiger partial charge < -0.3 is 36.1 Å². The highest BCUT2D eigenvalue weighted by Crippen LogP contribution is 2.30. The van der Waals surface area contributed by atoms with Crippen LogP contribution >= 0.6 is 22.7 Å². The standard InChI is InChI=1S/C21H25N3O2S3.C20H24N4O2S3.CH4/c1-13-8-16(24(4)11-13)19(25)23-15-6-7-17-14(9-15)10-18(28-17)20(26)22-12-21(2,3)29(5)27;1-20(2,29(4)27)11-22-19(26)17-8-12-7-14(5-6-16(12)28-17)23-18(25)15-9-13(21)10-24(15)3;/h6-11H,12H2,1-5H3,(H,22,26)(H,23,25);5-10H,11,21H2,1-4H3,(H,22,26)(H,23,25);1H4. The van der Waals surface area contributed by atoms with E-state index in [1.807, 2.05) is 91.8 Å². The molecule has 11 nitrogen and oxygen atoms in total. The van der Waals surface area contributed by atoms with Gasteiger partial charge in [0.2, 0.25) is 0 Å². The van der Waals surface area contributed by atoms with Crippen LogP contribution in [0.3, 0.4) is 0 Å². The molecule has 0 aliphatic heterocycles. The number of aromatic nitrogens is 2. The van der Waals surface area contributed by atoms with Gasteiger partial charge in [0.05, 0.1) is 15.4 Å². The third-order valence-corrected chi connectivity index (χ3v) is 17.9. The number of nitrogens with one attached hydrogen (secondary N) is 4. The lowest BCUT2D eigenvalue weighted by molar-refractivity contribution is 0.0947. The molecule has 59 heavy (non-hydrogen) atoms. The molecule has 4 amide bonds. The van der Waals surface area contributed by atoms with Gasteiger partial charge in [0.15, 0.2) is 0 Å². The minimum absolute atomic E-state index is 0. The lowest BCUT2D eigenvalue weighted by Crippen LogP contribution is -2.40. The quantitative estimate of drug-likeness (QED) is 0.0836. The first-order valence-electron chi connectivity index (χ1n) is 18.1. The summed E-state index contributed by atoms with van der Waals surface area (Å²) in [6.45, 7) is 11.3. The molecule has 0 saturated carbocycles. The van der Waals surface area contributed by atoms with E-state index in [4.69, 9.17) is 28.1 Å². The zero-order valence-electron chi connectivity index (χ0n) is 33.9. The Hall–Kier alpha value is -4.26. The number of anilines is 3. The van der Waals surface area contributed by atoms with Gasteiger partial charge in [-0.25, -0.2) is 0 Å². The Balaban J connectivity index is 0.000000256. The average Bonchev–Trinajstić information content (AvgIpc) is 3.93. The van der Waals surface area contributed by atoms with E-state index >= 15 is 0 Å². The Morgan fingerprint density at radius 3 is 1.42 bits per heavy atom. The van der Waals surface area contributed by atoms with Crippen molar-refractivity contribution in [3.63, 3.8) is 0 Å². The highest BCUT2D eigenvalue weighted by Gasteiger charge is 2.23. The molecule has 4 aromatic heterocycles. The van der Waals surface area contributed by atoms with Crippen LogP contribution in [0.15, 0.2) is 73.1 Å². The molecule has 0 fully saturated rings. The molecule has 4 heterocycles. The number of carbonyl (C=O) groups is 4. The summed E-state index contributed by atoms with van der Waals surface area (Å²) in [4.78, 5) is 51.4. The first-order chi connectivity index (χ1) is 27.1. The summed E-state index contributed by atoms with van der Waals surface area (Å²) in [7, 11) is 3.20. The van der Waals surface area contributed by atoms with E-state index in [1.165, 1.54) is 22.7 Å². The Labute approximate surface area is 368 Å². The van der Waals surface area contributed by atoms with Crippen LogP contribution in [0.4, 0.5) is 17.1 Å². The lowest BCUT2D eigenvalue weighted by atomic mass is 10.2. The molecule has 6 aromatic rings.